The Labute approximate surface area is 153 Å². The Hall–Kier alpha value is -2.31. The number of pyridine rings is 1. The summed E-state index contributed by atoms with van der Waals surface area (Å²) in [5, 5.41) is 11.0. The Balaban J connectivity index is 1.64. The highest BCUT2D eigenvalue weighted by Gasteiger charge is 2.42. The first-order valence-electron chi connectivity index (χ1n) is 8.80. The van der Waals surface area contributed by atoms with E-state index in [2.05, 4.69) is 4.98 Å². The van der Waals surface area contributed by atoms with Gasteiger partial charge in [-0.05, 0) is 49.2 Å². The molecule has 2 aromatic rings. The first kappa shape index (κ1) is 18.5. The number of likely N-dealkylation sites (N-methyl/N-ethyl adjacent to an activating group) is 1. The molecule has 0 spiro atoms. The zero-order chi connectivity index (χ0) is 18.6. The molecule has 6 heteroatoms. The number of rotatable bonds is 6. The number of carbonyl (C=O) groups excluding carboxylic acids is 1. The first-order chi connectivity index (χ1) is 12.5. The zero-order valence-corrected chi connectivity index (χ0v) is 14.9. The second kappa shape index (κ2) is 7.93. The lowest BCUT2D eigenvalue weighted by Crippen LogP contribution is -2.57. The Morgan fingerprint density at radius 2 is 2.04 bits per heavy atom. The molecule has 1 atom stereocenters. The summed E-state index contributed by atoms with van der Waals surface area (Å²) in [6.07, 6.45) is 4.69. The summed E-state index contributed by atoms with van der Waals surface area (Å²) in [6.45, 7) is 1.86. The van der Waals surface area contributed by atoms with Crippen LogP contribution in [0.1, 0.15) is 24.0 Å². The summed E-state index contributed by atoms with van der Waals surface area (Å²) in [6, 6.07) is 9.95. The predicted molar refractivity (Wildman–Crippen MR) is 96.6 cm³/mol. The third-order valence-corrected chi connectivity index (χ3v) is 4.70. The lowest BCUT2D eigenvalue weighted by atomic mass is 9.90. The number of carbonyl (C=O) groups is 1. The van der Waals surface area contributed by atoms with Crippen LogP contribution in [0.15, 0.2) is 48.8 Å². The quantitative estimate of drug-likeness (QED) is 0.861. The van der Waals surface area contributed by atoms with E-state index in [1.54, 1.807) is 29.4 Å². The Kier molecular flexibility index (Phi) is 5.64. The number of piperidine rings is 1. The molecule has 1 aromatic carbocycles. The molecule has 5 nitrogen and oxygen atoms in total. The average molecular weight is 357 g/mol. The molecule has 1 amide bonds. The Morgan fingerprint density at radius 3 is 2.73 bits per heavy atom. The topological polar surface area (TPSA) is 56.7 Å². The molecule has 26 heavy (non-hydrogen) atoms. The van der Waals surface area contributed by atoms with E-state index in [4.69, 9.17) is 0 Å². The fourth-order valence-electron chi connectivity index (χ4n) is 3.48. The lowest BCUT2D eigenvalue weighted by molar-refractivity contribution is -0.160. The highest BCUT2D eigenvalue weighted by atomic mass is 19.1. The third kappa shape index (κ3) is 4.45. The zero-order valence-electron chi connectivity index (χ0n) is 14.9. The molecule has 0 saturated carbocycles. The second-order valence-electron chi connectivity index (χ2n) is 7.02. The molecule has 2 heterocycles. The van der Waals surface area contributed by atoms with Crippen LogP contribution >= 0.6 is 0 Å². The number of halogens is 1. The number of amides is 1. The van der Waals surface area contributed by atoms with Gasteiger partial charge in [0.15, 0.2) is 5.60 Å². The molecule has 0 bridgehead atoms. The van der Waals surface area contributed by atoms with Crippen molar-refractivity contribution in [1.29, 1.82) is 0 Å². The number of benzene rings is 1. The maximum atomic E-state index is 13.1. The van der Waals surface area contributed by atoms with Gasteiger partial charge in [0.2, 0.25) is 0 Å². The molecule has 1 aromatic heterocycles. The van der Waals surface area contributed by atoms with E-state index in [0.29, 0.717) is 26.1 Å². The SMILES string of the molecule is CN(Cc1cccnc1)C[C@@]1(O)CCCN(Cc2ccc(F)cc2)C1=O. The van der Waals surface area contributed by atoms with Crippen LogP contribution in [-0.2, 0) is 17.9 Å². The van der Waals surface area contributed by atoms with Crippen molar-refractivity contribution in [2.24, 2.45) is 0 Å². The van der Waals surface area contributed by atoms with Gasteiger partial charge in [0.05, 0.1) is 0 Å². The van der Waals surface area contributed by atoms with E-state index < -0.39 is 5.60 Å². The summed E-state index contributed by atoms with van der Waals surface area (Å²) in [7, 11) is 1.89. The van der Waals surface area contributed by atoms with Crippen LogP contribution < -0.4 is 0 Å². The van der Waals surface area contributed by atoms with Crippen molar-refractivity contribution in [2.75, 3.05) is 20.1 Å². The number of likely N-dealkylation sites (tertiary alicyclic amines) is 1. The normalized spacial score (nSPS) is 20.6. The molecular formula is C20H24FN3O2. The minimum absolute atomic E-state index is 0.258. The van der Waals surface area contributed by atoms with Gasteiger partial charge in [-0.25, -0.2) is 4.39 Å². The molecule has 1 N–H and O–H groups in total. The van der Waals surface area contributed by atoms with Crippen LogP contribution in [0, 0.1) is 5.82 Å². The van der Waals surface area contributed by atoms with E-state index in [1.807, 2.05) is 24.1 Å². The standard InChI is InChI=1S/C20H24FN3O2/c1-23(13-17-4-2-10-22-12-17)15-20(26)9-3-11-24(19(20)25)14-16-5-7-18(21)8-6-16/h2,4-8,10,12,26H,3,9,11,13-15H2,1H3/t20-/m0/s1. The minimum Gasteiger partial charge on any atom is -0.379 e. The number of aliphatic hydroxyl groups is 1. The highest BCUT2D eigenvalue weighted by molar-refractivity contribution is 5.86. The van der Waals surface area contributed by atoms with Gasteiger partial charge < -0.3 is 10.0 Å². The lowest BCUT2D eigenvalue weighted by Gasteiger charge is -2.40. The number of nitrogens with zero attached hydrogens (tertiary/aromatic N) is 3. The van der Waals surface area contributed by atoms with Crippen molar-refractivity contribution in [3.05, 3.63) is 65.7 Å². The Bertz CT molecular complexity index is 738. The fourth-order valence-corrected chi connectivity index (χ4v) is 3.48. The van der Waals surface area contributed by atoms with Crippen molar-refractivity contribution in [3.8, 4) is 0 Å². The van der Waals surface area contributed by atoms with Gasteiger partial charge in [-0.1, -0.05) is 18.2 Å². The Morgan fingerprint density at radius 1 is 1.27 bits per heavy atom. The van der Waals surface area contributed by atoms with E-state index in [-0.39, 0.29) is 18.3 Å². The molecule has 1 fully saturated rings. The maximum absolute atomic E-state index is 13.1. The largest absolute Gasteiger partial charge is 0.379 e. The van der Waals surface area contributed by atoms with Crippen LogP contribution in [-0.4, -0.2) is 51.5 Å². The van der Waals surface area contributed by atoms with Gasteiger partial charge in [0, 0.05) is 38.6 Å². The molecule has 1 saturated heterocycles. The summed E-state index contributed by atoms with van der Waals surface area (Å²) in [5.74, 6) is -0.557. The van der Waals surface area contributed by atoms with Gasteiger partial charge in [0.25, 0.3) is 5.91 Å². The molecule has 1 aliphatic heterocycles. The van der Waals surface area contributed by atoms with Crippen molar-refractivity contribution >= 4 is 5.91 Å². The van der Waals surface area contributed by atoms with E-state index in [0.717, 1.165) is 17.5 Å². The van der Waals surface area contributed by atoms with E-state index in [9.17, 15) is 14.3 Å². The van der Waals surface area contributed by atoms with Crippen LogP contribution in [0.25, 0.3) is 0 Å². The molecule has 0 aliphatic carbocycles. The maximum Gasteiger partial charge on any atom is 0.256 e. The third-order valence-electron chi connectivity index (χ3n) is 4.70. The van der Waals surface area contributed by atoms with Gasteiger partial charge in [-0.15, -0.1) is 0 Å². The number of hydrogen-bond acceptors (Lipinski definition) is 4. The smallest absolute Gasteiger partial charge is 0.256 e. The molecule has 138 valence electrons. The highest BCUT2D eigenvalue weighted by Crippen LogP contribution is 2.25. The monoisotopic (exact) mass is 357 g/mol. The van der Waals surface area contributed by atoms with Crippen LogP contribution in [0.5, 0.6) is 0 Å². The molecule has 0 radical (unpaired) electrons. The van der Waals surface area contributed by atoms with Crippen molar-refractivity contribution in [2.45, 2.75) is 31.5 Å². The molecule has 1 aliphatic rings. The van der Waals surface area contributed by atoms with Gasteiger partial charge in [0.1, 0.15) is 5.82 Å². The van der Waals surface area contributed by atoms with Crippen molar-refractivity contribution in [3.63, 3.8) is 0 Å². The van der Waals surface area contributed by atoms with Crippen molar-refractivity contribution < 1.29 is 14.3 Å². The average Bonchev–Trinajstić information content (AvgIpc) is 2.62. The van der Waals surface area contributed by atoms with E-state index in [1.165, 1.54) is 12.1 Å². The van der Waals surface area contributed by atoms with Crippen molar-refractivity contribution in [1.82, 2.24) is 14.8 Å². The van der Waals surface area contributed by atoms with Crippen LogP contribution in [0.3, 0.4) is 0 Å². The summed E-state index contributed by atoms with van der Waals surface area (Å²) in [4.78, 5) is 20.6. The summed E-state index contributed by atoms with van der Waals surface area (Å²) in [5.41, 5.74) is 0.493. The number of aromatic nitrogens is 1. The van der Waals surface area contributed by atoms with Gasteiger partial charge in [-0.3, -0.25) is 14.7 Å². The predicted octanol–water partition coefficient (Wildman–Crippen LogP) is 2.21. The minimum atomic E-state index is -1.39. The molecule has 3 rings (SSSR count). The molecular weight excluding hydrogens is 333 g/mol. The fraction of sp³-hybridized carbons (Fsp3) is 0.400. The first-order valence-corrected chi connectivity index (χ1v) is 8.80. The van der Waals surface area contributed by atoms with Gasteiger partial charge >= 0.3 is 0 Å². The van der Waals surface area contributed by atoms with E-state index >= 15 is 0 Å². The van der Waals surface area contributed by atoms with Gasteiger partial charge in [-0.2, -0.15) is 0 Å². The van der Waals surface area contributed by atoms with Crippen LogP contribution in [0.2, 0.25) is 0 Å². The molecule has 0 unspecified atom stereocenters. The summed E-state index contributed by atoms with van der Waals surface area (Å²) < 4.78 is 13.1. The number of hydrogen-bond donors (Lipinski definition) is 1. The van der Waals surface area contributed by atoms with Crippen LogP contribution in [0.4, 0.5) is 4.39 Å². The summed E-state index contributed by atoms with van der Waals surface area (Å²) >= 11 is 0. The second-order valence-corrected chi connectivity index (χ2v) is 7.02.